The van der Waals surface area contributed by atoms with Crippen molar-refractivity contribution >= 4 is 11.7 Å². The molecule has 1 aliphatic heterocycles. The number of aromatic nitrogens is 2. The van der Waals surface area contributed by atoms with Gasteiger partial charge in [0, 0.05) is 31.7 Å². The van der Waals surface area contributed by atoms with Crippen LogP contribution in [0.4, 0.5) is 19.0 Å². The SMILES string of the molecule is Cc1ccc(NC(=O)C(CC2CCOCC2)n2ccc(C(F)(F)F)cc2=O)nc1. The summed E-state index contributed by atoms with van der Waals surface area (Å²) in [5.41, 5.74) is -0.992. The quantitative estimate of drug-likeness (QED) is 0.820. The minimum Gasteiger partial charge on any atom is -0.381 e. The molecule has 1 aliphatic rings. The van der Waals surface area contributed by atoms with Crippen molar-refractivity contribution in [3.8, 4) is 0 Å². The number of carbonyl (C=O) groups excluding carboxylic acids is 1. The minimum absolute atomic E-state index is 0.125. The Labute approximate surface area is 165 Å². The normalized spacial score (nSPS) is 16.4. The van der Waals surface area contributed by atoms with Gasteiger partial charge in [-0.05, 0) is 49.8 Å². The van der Waals surface area contributed by atoms with Crippen LogP contribution in [0, 0.1) is 12.8 Å². The zero-order valence-corrected chi connectivity index (χ0v) is 15.9. The summed E-state index contributed by atoms with van der Waals surface area (Å²) in [5.74, 6) is -0.0492. The summed E-state index contributed by atoms with van der Waals surface area (Å²) in [6.45, 7) is 2.97. The van der Waals surface area contributed by atoms with Crippen LogP contribution in [-0.4, -0.2) is 28.7 Å². The topological polar surface area (TPSA) is 73.2 Å². The summed E-state index contributed by atoms with van der Waals surface area (Å²) in [5, 5.41) is 2.67. The molecule has 29 heavy (non-hydrogen) atoms. The lowest BCUT2D eigenvalue weighted by atomic mass is 9.92. The number of hydrogen-bond acceptors (Lipinski definition) is 4. The van der Waals surface area contributed by atoms with Crippen LogP contribution < -0.4 is 10.9 Å². The van der Waals surface area contributed by atoms with E-state index in [9.17, 15) is 22.8 Å². The highest BCUT2D eigenvalue weighted by atomic mass is 19.4. The highest BCUT2D eigenvalue weighted by Crippen LogP contribution is 2.29. The predicted octanol–water partition coefficient (Wildman–Crippen LogP) is 3.57. The van der Waals surface area contributed by atoms with Crippen LogP contribution in [0.5, 0.6) is 0 Å². The van der Waals surface area contributed by atoms with E-state index in [-0.39, 0.29) is 5.92 Å². The number of anilines is 1. The summed E-state index contributed by atoms with van der Waals surface area (Å²) < 4.78 is 45.1. The lowest BCUT2D eigenvalue weighted by Crippen LogP contribution is -2.35. The van der Waals surface area contributed by atoms with Crippen LogP contribution in [0.2, 0.25) is 0 Å². The predicted molar refractivity (Wildman–Crippen MR) is 101 cm³/mol. The second kappa shape index (κ2) is 8.77. The van der Waals surface area contributed by atoms with Gasteiger partial charge in [0.1, 0.15) is 11.9 Å². The number of amides is 1. The number of carbonyl (C=O) groups is 1. The first-order valence-electron chi connectivity index (χ1n) is 9.34. The van der Waals surface area contributed by atoms with Gasteiger partial charge in [-0.1, -0.05) is 6.07 Å². The first-order chi connectivity index (χ1) is 13.7. The van der Waals surface area contributed by atoms with E-state index in [0.717, 1.165) is 35.2 Å². The largest absolute Gasteiger partial charge is 0.416 e. The highest BCUT2D eigenvalue weighted by molar-refractivity contribution is 5.92. The molecule has 1 atom stereocenters. The van der Waals surface area contributed by atoms with Gasteiger partial charge in [0.05, 0.1) is 5.56 Å². The van der Waals surface area contributed by atoms with Gasteiger partial charge < -0.3 is 14.6 Å². The standard InChI is InChI=1S/C20H22F3N3O3/c1-13-2-3-17(24-12-13)25-19(28)16(10-14-5-8-29-9-6-14)26-7-4-15(11-18(26)27)20(21,22)23/h2-4,7,11-12,14,16H,5-6,8-10H2,1H3,(H,24,25,28). The molecule has 0 saturated carbocycles. The third-order valence-electron chi connectivity index (χ3n) is 4.97. The van der Waals surface area contributed by atoms with Crippen molar-refractivity contribution in [2.45, 2.75) is 38.4 Å². The molecule has 156 valence electrons. The van der Waals surface area contributed by atoms with E-state index in [1.54, 1.807) is 18.3 Å². The molecule has 2 aromatic rings. The van der Waals surface area contributed by atoms with Crippen LogP contribution in [0.1, 0.15) is 36.4 Å². The van der Waals surface area contributed by atoms with E-state index in [4.69, 9.17) is 4.74 Å². The fourth-order valence-corrected chi connectivity index (χ4v) is 3.32. The fourth-order valence-electron chi connectivity index (χ4n) is 3.32. The third-order valence-corrected chi connectivity index (χ3v) is 4.97. The molecule has 1 fully saturated rings. The average molecular weight is 409 g/mol. The van der Waals surface area contributed by atoms with Gasteiger partial charge in [0.15, 0.2) is 0 Å². The third kappa shape index (κ3) is 5.44. The maximum absolute atomic E-state index is 12.9. The Bertz CT molecular complexity index is 904. The second-order valence-electron chi connectivity index (χ2n) is 7.18. The van der Waals surface area contributed by atoms with Gasteiger partial charge in [0.2, 0.25) is 5.91 Å². The number of rotatable bonds is 5. The molecular weight excluding hydrogens is 387 g/mol. The zero-order valence-electron chi connectivity index (χ0n) is 15.9. The zero-order chi connectivity index (χ0) is 21.0. The van der Waals surface area contributed by atoms with Crippen molar-refractivity contribution in [1.29, 1.82) is 0 Å². The lowest BCUT2D eigenvalue weighted by Gasteiger charge is -2.27. The lowest BCUT2D eigenvalue weighted by molar-refractivity contribution is -0.137. The maximum atomic E-state index is 12.9. The van der Waals surface area contributed by atoms with E-state index in [2.05, 4.69) is 10.3 Å². The number of aryl methyl sites for hydroxylation is 1. The van der Waals surface area contributed by atoms with Crippen LogP contribution in [-0.2, 0) is 15.7 Å². The molecule has 2 aromatic heterocycles. The number of hydrogen-bond donors (Lipinski definition) is 1. The Kier molecular flexibility index (Phi) is 6.36. The molecule has 0 bridgehead atoms. The van der Waals surface area contributed by atoms with Gasteiger partial charge in [-0.2, -0.15) is 13.2 Å². The molecule has 6 nitrogen and oxygen atoms in total. The van der Waals surface area contributed by atoms with E-state index in [0.29, 0.717) is 31.5 Å². The fraction of sp³-hybridized carbons (Fsp3) is 0.450. The second-order valence-corrected chi connectivity index (χ2v) is 7.18. The summed E-state index contributed by atoms with van der Waals surface area (Å²) >= 11 is 0. The number of nitrogens with zero attached hydrogens (tertiary/aromatic N) is 2. The molecule has 1 unspecified atom stereocenters. The maximum Gasteiger partial charge on any atom is 0.416 e. The Morgan fingerprint density at radius 2 is 2.03 bits per heavy atom. The highest BCUT2D eigenvalue weighted by Gasteiger charge is 2.32. The molecule has 1 saturated heterocycles. The van der Waals surface area contributed by atoms with Crippen molar-refractivity contribution in [2.75, 3.05) is 18.5 Å². The Morgan fingerprint density at radius 1 is 1.31 bits per heavy atom. The van der Waals surface area contributed by atoms with Gasteiger partial charge in [-0.25, -0.2) is 4.98 Å². The van der Waals surface area contributed by atoms with Crippen molar-refractivity contribution < 1.29 is 22.7 Å². The Morgan fingerprint density at radius 3 is 2.62 bits per heavy atom. The van der Waals surface area contributed by atoms with E-state index < -0.39 is 29.2 Å². The number of ether oxygens (including phenoxy) is 1. The van der Waals surface area contributed by atoms with Crippen LogP contribution >= 0.6 is 0 Å². The first-order valence-corrected chi connectivity index (χ1v) is 9.34. The number of alkyl halides is 3. The van der Waals surface area contributed by atoms with E-state index in [1.165, 1.54) is 0 Å². The number of nitrogens with one attached hydrogen (secondary N) is 1. The molecule has 9 heteroatoms. The summed E-state index contributed by atoms with van der Waals surface area (Å²) in [6, 6.07) is 3.80. The Hall–Kier alpha value is -2.68. The number of halogens is 3. The minimum atomic E-state index is -4.62. The van der Waals surface area contributed by atoms with Gasteiger partial charge in [-0.3, -0.25) is 9.59 Å². The smallest absolute Gasteiger partial charge is 0.381 e. The monoisotopic (exact) mass is 409 g/mol. The molecule has 1 amide bonds. The number of pyridine rings is 2. The van der Waals surface area contributed by atoms with Crippen LogP contribution in [0.3, 0.4) is 0 Å². The van der Waals surface area contributed by atoms with E-state index >= 15 is 0 Å². The van der Waals surface area contributed by atoms with Crippen LogP contribution in [0.15, 0.2) is 41.5 Å². The van der Waals surface area contributed by atoms with Crippen molar-refractivity contribution in [3.63, 3.8) is 0 Å². The first kappa shape index (κ1) is 21.0. The van der Waals surface area contributed by atoms with Crippen molar-refractivity contribution in [3.05, 3.63) is 58.1 Å². The average Bonchev–Trinajstić information content (AvgIpc) is 2.68. The molecule has 0 aromatic carbocycles. The Balaban J connectivity index is 1.88. The molecule has 0 aliphatic carbocycles. The van der Waals surface area contributed by atoms with Crippen molar-refractivity contribution in [2.24, 2.45) is 5.92 Å². The summed E-state index contributed by atoms with van der Waals surface area (Å²) in [7, 11) is 0. The molecule has 0 radical (unpaired) electrons. The van der Waals surface area contributed by atoms with E-state index in [1.807, 2.05) is 6.92 Å². The summed E-state index contributed by atoms with van der Waals surface area (Å²) in [6.07, 6.45) is -0.219. The molecule has 0 spiro atoms. The van der Waals surface area contributed by atoms with Gasteiger partial charge in [-0.15, -0.1) is 0 Å². The van der Waals surface area contributed by atoms with Gasteiger partial charge >= 0.3 is 6.18 Å². The molecule has 1 N–H and O–H groups in total. The molecule has 3 heterocycles. The molecular formula is C20H22F3N3O3. The van der Waals surface area contributed by atoms with Crippen LogP contribution in [0.25, 0.3) is 0 Å². The van der Waals surface area contributed by atoms with Crippen molar-refractivity contribution in [1.82, 2.24) is 9.55 Å². The molecule has 3 rings (SSSR count). The van der Waals surface area contributed by atoms with Gasteiger partial charge in [0.25, 0.3) is 5.56 Å². The summed E-state index contributed by atoms with van der Waals surface area (Å²) in [4.78, 5) is 29.5.